The Balaban J connectivity index is 5.34. The van der Waals surface area contributed by atoms with Crippen molar-refractivity contribution >= 4 is 16.5 Å². The van der Waals surface area contributed by atoms with E-state index in [0.717, 1.165) is 0 Å². The number of aliphatic carboxylic acids is 1. The molecule has 0 aliphatic rings. The summed E-state index contributed by atoms with van der Waals surface area (Å²) in [7, 11) is 0.428. The van der Waals surface area contributed by atoms with Crippen LogP contribution in [-0.4, -0.2) is 27.2 Å². The summed E-state index contributed by atoms with van der Waals surface area (Å²) in [6, 6.07) is 0. The van der Waals surface area contributed by atoms with Crippen LogP contribution >= 0.6 is 0 Å². The van der Waals surface area contributed by atoms with Crippen molar-refractivity contribution in [3.8, 4) is 0 Å². The van der Waals surface area contributed by atoms with Crippen LogP contribution in [0, 0.1) is 10.8 Å². The Hall–Kier alpha value is -0.353. The van der Waals surface area contributed by atoms with Crippen molar-refractivity contribution in [2.45, 2.75) is 47.1 Å². The van der Waals surface area contributed by atoms with Crippen LogP contribution in [0.4, 0.5) is 0 Å². The van der Waals surface area contributed by atoms with Gasteiger partial charge in [0.05, 0.1) is 0 Å². The van der Waals surface area contributed by atoms with Crippen LogP contribution in [0.5, 0.6) is 0 Å². The summed E-state index contributed by atoms with van der Waals surface area (Å²) in [5, 5.41) is 9.23. The lowest BCUT2D eigenvalue weighted by Crippen LogP contribution is -2.56. The monoisotopic (exact) mass is 218 g/mol. The standard InChI is InChI=1S/C10H22O3Si/c1-8(2,3)9(4,5)10(6,13-14)7(11)12/h1-6,14H3,(H,11,12). The molecule has 0 aliphatic heterocycles. The molecule has 14 heavy (non-hydrogen) atoms. The third-order valence-electron chi connectivity index (χ3n) is 3.88. The van der Waals surface area contributed by atoms with Crippen LogP contribution in [0.3, 0.4) is 0 Å². The predicted octanol–water partition coefficient (Wildman–Crippen LogP) is 1.20. The van der Waals surface area contributed by atoms with E-state index >= 15 is 0 Å². The zero-order valence-electron chi connectivity index (χ0n) is 10.3. The van der Waals surface area contributed by atoms with E-state index in [0.29, 0.717) is 10.5 Å². The molecule has 0 fully saturated rings. The molecule has 0 spiro atoms. The second-order valence-corrected chi connectivity index (χ2v) is 5.83. The predicted molar refractivity (Wildman–Crippen MR) is 60.3 cm³/mol. The molecule has 0 heterocycles. The van der Waals surface area contributed by atoms with Crippen molar-refractivity contribution < 1.29 is 14.3 Å². The lowest BCUT2D eigenvalue weighted by Gasteiger charge is -2.49. The fraction of sp³-hybridized carbons (Fsp3) is 0.900. The third kappa shape index (κ3) is 1.86. The molecule has 0 aromatic rings. The normalized spacial score (nSPS) is 17.9. The van der Waals surface area contributed by atoms with Crippen molar-refractivity contribution in [3.63, 3.8) is 0 Å². The van der Waals surface area contributed by atoms with Gasteiger partial charge in [-0.15, -0.1) is 0 Å². The molecule has 1 N–H and O–H groups in total. The Morgan fingerprint density at radius 1 is 1.14 bits per heavy atom. The van der Waals surface area contributed by atoms with E-state index in [2.05, 4.69) is 0 Å². The van der Waals surface area contributed by atoms with Crippen molar-refractivity contribution in [2.24, 2.45) is 10.8 Å². The molecule has 0 saturated heterocycles. The average Bonchev–Trinajstić information content (AvgIpc) is 2.00. The van der Waals surface area contributed by atoms with Crippen LogP contribution in [0.1, 0.15) is 41.5 Å². The number of hydrogen-bond donors (Lipinski definition) is 1. The first-order valence-corrected chi connectivity index (χ1v) is 5.61. The highest BCUT2D eigenvalue weighted by atomic mass is 28.2. The number of carboxylic acid groups (broad SMARTS) is 1. The maximum atomic E-state index is 11.2. The maximum Gasteiger partial charge on any atom is 0.335 e. The molecule has 1 unspecified atom stereocenters. The molecule has 1 atom stereocenters. The summed E-state index contributed by atoms with van der Waals surface area (Å²) in [6.07, 6.45) is 0. The van der Waals surface area contributed by atoms with Gasteiger partial charge in [0.1, 0.15) is 10.5 Å². The van der Waals surface area contributed by atoms with E-state index < -0.39 is 17.0 Å². The van der Waals surface area contributed by atoms with Crippen LogP contribution in [0.15, 0.2) is 0 Å². The molecule has 0 amide bonds. The van der Waals surface area contributed by atoms with E-state index in [1.807, 2.05) is 34.6 Å². The second-order valence-electron chi connectivity index (χ2n) is 5.42. The quantitative estimate of drug-likeness (QED) is 0.724. The Bertz CT molecular complexity index is 230. The molecule has 84 valence electrons. The van der Waals surface area contributed by atoms with Gasteiger partial charge in [-0.25, -0.2) is 4.79 Å². The Morgan fingerprint density at radius 3 is 1.57 bits per heavy atom. The Kier molecular flexibility index (Phi) is 3.57. The fourth-order valence-electron chi connectivity index (χ4n) is 1.33. The number of rotatable bonds is 3. The number of carboxylic acids is 1. The van der Waals surface area contributed by atoms with E-state index in [1.54, 1.807) is 6.92 Å². The average molecular weight is 218 g/mol. The zero-order chi connectivity index (χ0) is 11.8. The Labute approximate surface area is 89.4 Å². The highest BCUT2D eigenvalue weighted by Crippen LogP contribution is 2.47. The lowest BCUT2D eigenvalue weighted by atomic mass is 9.60. The largest absolute Gasteiger partial charge is 0.479 e. The Morgan fingerprint density at radius 2 is 1.50 bits per heavy atom. The summed E-state index contributed by atoms with van der Waals surface area (Å²) >= 11 is 0. The maximum absolute atomic E-state index is 11.2. The van der Waals surface area contributed by atoms with Crippen LogP contribution < -0.4 is 0 Å². The van der Waals surface area contributed by atoms with E-state index in [-0.39, 0.29) is 5.41 Å². The van der Waals surface area contributed by atoms with Crippen LogP contribution in [-0.2, 0) is 9.22 Å². The molecule has 0 saturated carbocycles. The first-order valence-electron chi connectivity index (χ1n) is 4.79. The van der Waals surface area contributed by atoms with Crippen molar-refractivity contribution in [2.75, 3.05) is 0 Å². The highest BCUT2D eigenvalue weighted by Gasteiger charge is 2.53. The summed E-state index contributed by atoms with van der Waals surface area (Å²) in [4.78, 5) is 11.2. The third-order valence-corrected chi connectivity index (χ3v) is 4.70. The first-order chi connectivity index (χ1) is 6.00. The molecule has 3 nitrogen and oxygen atoms in total. The van der Waals surface area contributed by atoms with Gasteiger partial charge < -0.3 is 9.53 Å². The summed E-state index contributed by atoms with van der Waals surface area (Å²) in [5.41, 5.74) is -1.64. The van der Waals surface area contributed by atoms with Gasteiger partial charge >= 0.3 is 5.97 Å². The minimum atomic E-state index is -1.10. The summed E-state index contributed by atoms with van der Waals surface area (Å²) in [5.74, 6) is -0.882. The van der Waals surface area contributed by atoms with Gasteiger partial charge in [-0.2, -0.15) is 0 Å². The molecule has 0 radical (unpaired) electrons. The molecule has 0 aromatic carbocycles. The van der Waals surface area contributed by atoms with Crippen LogP contribution in [0.2, 0.25) is 0 Å². The second kappa shape index (κ2) is 3.66. The highest BCUT2D eigenvalue weighted by molar-refractivity contribution is 6.00. The molecule has 0 bridgehead atoms. The lowest BCUT2D eigenvalue weighted by molar-refractivity contribution is -0.173. The fourth-order valence-corrected chi connectivity index (χ4v) is 2.01. The summed E-state index contributed by atoms with van der Waals surface area (Å²) < 4.78 is 5.33. The van der Waals surface area contributed by atoms with Crippen LogP contribution in [0.25, 0.3) is 0 Å². The van der Waals surface area contributed by atoms with Gasteiger partial charge in [0, 0.05) is 5.41 Å². The minimum absolute atomic E-state index is 0.120. The van der Waals surface area contributed by atoms with Gasteiger partial charge in [-0.3, -0.25) is 0 Å². The van der Waals surface area contributed by atoms with E-state index in [9.17, 15) is 9.90 Å². The van der Waals surface area contributed by atoms with Crippen molar-refractivity contribution in [3.05, 3.63) is 0 Å². The SMILES string of the molecule is CC(C)(C)C(C)(C)C(C)(O[SiH3])C(=O)O. The van der Waals surface area contributed by atoms with Gasteiger partial charge in [0.25, 0.3) is 0 Å². The van der Waals surface area contributed by atoms with E-state index in [1.165, 1.54) is 0 Å². The molecule has 0 rings (SSSR count). The molecular weight excluding hydrogens is 196 g/mol. The van der Waals surface area contributed by atoms with Crippen molar-refractivity contribution in [1.29, 1.82) is 0 Å². The number of carbonyl (C=O) groups is 1. The zero-order valence-corrected chi connectivity index (χ0v) is 12.3. The smallest absolute Gasteiger partial charge is 0.335 e. The molecule has 0 aliphatic carbocycles. The summed E-state index contributed by atoms with van der Waals surface area (Å²) in [6.45, 7) is 11.7. The number of hydrogen-bond acceptors (Lipinski definition) is 2. The topological polar surface area (TPSA) is 46.5 Å². The van der Waals surface area contributed by atoms with E-state index in [4.69, 9.17) is 4.43 Å². The molecule has 0 aromatic heterocycles. The van der Waals surface area contributed by atoms with Crippen molar-refractivity contribution in [1.82, 2.24) is 0 Å². The molecular formula is C10H22O3Si. The first kappa shape index (κ1) is 13.6. The molecule has 4 heteroatoms. The van der Waals surface area contributed by atoms with Gasteiger partial charge in [0.15, 0.2) is 5.60 Å². The van der Waals surface area contributed by atoms with Gasteiger partial charge in [-0.05, 0) is 12.3 Å². The van der Waals surface area contributed by atoms with Gasteiger partial charge in [-0.1, -0.05) is 34.6 Å². The van der Waals surface area contributed by atoms with Gasteiger partial charge in [0.2, 0.25) is 0 Å². The minimum Gasteiger partial charge on any atom is -0.479 e.